The summed E-state index contributed by atoms with van der Waals surface area (Å²) >= 11 is 0. The Bertz CT molecular complexity index is 607. The van der Waals surface area contributed by atoms with Crippen LogP contribution < -0.4 is 11.1 Å². The number of carbonyl (C=O) groups is 2. The molecule has 0 saturated carbocycles. The second-order valence-electron chi connectivity index (χ2n) is 4.72. The summed E-state index contributed by atoms with van der Waals surface area (Å²) < 4.78 is 0. The molecule has 1 aromatic rings. The molecule has 1 aromatic carbocycles. The number of nitro groups is 1. The van der Waals surface area contributed by atoms with Crippen LogP contribution >= 0.6 is 0 Å². The van der Waals surface area contributed by atoms with Crippen LogP contribution in [0.4, 0.5) is 5.69 Å². The van der Waals surface area contributed by atoms with E-state index in [1.54, 1.807) is 6.07 Å². The van der Waals surface area contributed by atoms with Crippen LogP contribution in [-0.4, -0.2) is 22.8 Å². The SMILES string of the molecule is C#CCCC[C@H](NC(=O)Cc1cccc([N+](=O)[O-])c1)C(N)=O. The van der Waals surface area contributed by atoms with Crippen LogP contribution in [0.15, 0.2) is 24.3 Å². The predicted molar refractivity (Wildman–Crippen MR) is 80.6 cm³/mol. The smallest absolute Gasteiger partial charge is 0.269 e. The molecular weight excluding hydrogens is 286 g/mol. The second-order valence-corrected chi connectivity index (χ2v) is 4.72. The van der Waals surface area contributed by atoms with Crippen LogP contribution in [0, 0.1) is 22.5 Å². The third kappa shape index (κ3) is 5.63. The standard InChI is InChI=1S/C15H17N3O4/c1-2-3-4-8-13(15(16)20)17-14(19)10-11-6-5-7-12(9-11)18(21)22/h1,5-7,9,13H,3-4,8,10H2,(H2,16,20)(H,17,19)/t13-/m0/s1. The van der Waals surface area contributed by atoms with E-state index >= 15 is 0 Å². The number of unbranched alkanes of at least 4 members (excludes halogenated alkanes) is 1. The minimum absolute atomic E-state index is 0.0689. The number of benzene rings is 1. The molecule has 2 amide bonds. The number of carbonyl (C=O) groups excluding carboxylic acids is 2. The molecule has 1 atom stereocenters. The Morgan fingerprint density at radius 1 is 1.45 bits per heavy atom. The van der Waals surface area contributed by atoms with E-state index < -0.39 is 22.8 Å². The highest BCUT2D eigenvalue weighted by Gasteiger charge is 2.18. The van der Waals surface area contributed by atoms with Crippen molar-refractivity contribution in [3.05, 3.63) is 39.9 Å². The molecule has 1 rings (SSSR count). The number of nitrogens with two attached hydrogens (primary N) is 1. The lowest BCUT2D eigenvalue weighted by Gasteiger charge is -2.14. The average Bonchev–Trinajstić information content (AvgIpc) is 2.46. The molecule has 0 aromatic heterocycles. The number of hydrogen-bond acceptors (Lipinski definition) is 4. The van der Waals surface area contributed by atoms with Crippen LogP contribution in [0.25, 0.3) is 0 Å². The van der Waals surface area contributed by atoms with Crippen molar-refractivity contribution in [1.82, 2.24) is 5.32 Å². The molecular formula is C15H17N3O4. The summed E-state index contributed by atoms with van der Waals surface area (Å²) in [5, 5.41) is 13.2. The van der Waals surface area contributed by atoms with Gasteiger partial charge in [-0.3, -0.25) is 19.7 Å². The third-order valence-corrected chi connectivity index (χ3v) is 2.98. The molecule has 0 aliphatic carbocycles. The number of terminal acetylenes is 1. The molecule has 0 fully saturated rings. The maximum Gasteiger partial charge on any atom is 0.269 e. The van der Waals surface area contributed by atoms with Gasteiger partial charge in [0.1, 0.15) is 6.04 Å². The monoisotopic (exact) mass is 303 g/mol. The van der Waals surface area contributed by atoms with Gasteiger partial charge in [0.15, 0.2) is 0 Å². The van der Waals surface area contributed by atoms with Gasteiger partial charge < -0.3 is 11.1 Å². The van der Waals surface area contributed by atoms with E-state index in [1.807, 2.05) is 0 Å². The van der Waals surface area contributed by atoms with Gasteiger partial charge in [-0.1, -0.05) is 12.1 Å². The number of amides is 2. The van der Waals surface area contributed by atoms with Crippen LogP contribution in [-0.2, 0) is 16.0 Å². The largest absolute Gasteiger partial charge is 0.368 e. The van der Waals surface area contributed by atoms with E-state index in [2.05, 4.69) is 11.2 Å². The molecule has 0 aliphatic heterocycles. The van der Waals surface area contributed by atoms with Crippen LogP contribution in [0.5, 0.6) is 0 Å². The summed E-state index contributed by atoms with van der Waals surface area (Å²) in [6.07, 6.45) is 6.48. The van der Waals surface area contributed by atoms with Gasteiger partial charge in [-0.2, -0.15) is 0 Å². The van der Waals surface area contributed by atoms with Crippen molar-refractivity contribution in [2.24, 2.45) is 5.73 Å². The van der Waals surface area contributed by atoms with E-state index in [1.165, 1.54) is 18.2 Å². The molecule has 7 heteroatoms. The maximum atomic E-state index is 11.9. The fraction of sp³-hybridized carbons (Fsp3) is 0.333. The lowest BCUT2D eigenvalue weighted by Crippen LogP contribution is -2.44. The summed E-state index contributed by atoms with van der Waals surface area (Å²) in [6, 6.07) is 4.97. The highest BCUT2D eigenvalue weighted by Crippen LogP contribution is 2.13. The fourth-order valence-electron chi connectivity index (χ4n) is 1.90. The van der Waals surface area contributed by atoms with Gasteiger partial charge in [-0.15, -0.1) is 12.3 Å². The quantitative estimate of drug-likeness (QED) is 0.321. The van der Waals surface area contributed by atoms with E-state index in [4.69, 9.17) is 12.2 Å². The number of rotatable bonds is 8. The van der Waals surface area contributed by atoms with Crippen LogP contribution in [0.2, 0.25) is 0 Å². The number of hydrogen-bond donors (Lipinski definition) is 2. The molecule has 22 heavy (non-hydrogen) atoms. The molecule has 0 radical (unpaired) electrons. The number of nitro benzene ring substituents is 1. The predicted octanol–water partition coefficient (Wildman–Crippen LogP) is 0.911. The van der Waals surface area contributed by atoms with E-state index in [0.29, 0.717) is 24.8 Å². The summed E-state index contributed by atoms with van der Waals surface area (Å²) in [4.78, 5) is 33.3. The number of nitrogens with zero attached hydrogens (tertiary/aromatic N) is 1. The molecule has 116 valence electrons. The van der Waals surface area contributed by atoms with E-state index in [0.717, 1.165) is 0 Å². The van der Waals surface area contributed by atoms with Gasteiger partial charge in [0.2, 0.25) is 11.8 Å². The highest BCUT2D eigenvalue weighted by atomic mass is 16.6. The summed E-state index contributed by atoms with van der Waals surface area (Å²) in [5.74, 6) is 1.38. The van der Waals surface area contributed by atoms with E-state index in [9.17, 15) is 19.7 Å². The van der Waals surface area contributed by atoms with E-state index in [-0.39, 0.29) is 12.1 Å². The Morgan fingerprint density at radius 3 is 2.77 bits per heavy atom. The maximum absolute atomic E-state index is 11.9. The number of nitrogens with one attached hydrogen (secondary N) is 1. The zero-order valence-corrected chi connectivity index (χ0v) is 12.0. The van der Waals surface area contributed by atoms with Gasteiger partial charge >= 0.3 is 0 Å². The lowest BCUT2D eigenvalue weighted by atomic mass is 10.1. The first-order valence-corrected chi connectivity index (χ1v) is 6.69. The molecule has 3 N–H and O–H groups in total. The average molecular weight is 303 g/mol. The molecule has 0 unspecified atom stereocenters. The fourth-order valence-corrected chi connectivity index (χ4v) is 1.90. The zero-order chi connectivity index (χ0) is 16.5. The van der Waals surface area contributed by atoms with Gasteiger partial charge in [0.25, 0.3) is 5.69 Å². The third-order valence-electron chi connectivity index (χ3n) is 2.98. The van der Waals surface area contributed by atoms with Crippen molar-refractivity contribution in [3.8, 4) is 12.3 Å². The molecule has 7 nitrogen and oxygen atoms in total. The molecule has 0 aliphatic rings. The van der Waals surface area contributed by atoms with Gasteiger partial charge in [0, 0.05) is 18.6 Å². The lowest BCUT2D eigenvalue weighted by molar-refractivity contribution is -0.384. The topological polar surface area (TPSA) is 115 Å². The van der Waals surface area contributed by atoms with Crippen molar-refractivity contribution < 1.29 is 14.5 Å². The summed E-state index contributed by atoms with van der Waals surface area (Å²) in [6.45, 7) is 0. The van der Waals surface area contributed by atoms with Crippen LogP contribution in [0.3, 0.4) is 0 Å². The van der Waals surface area contributed by atoms with Gasteiger partial charge in [0.05, 0.1) is 11.3 Å². The van der Waals surface area contributed by atoms with Crippen molar-refractivity contribution in [1.29, 1.82) is 0 Å². The van der Waals surface area contributed by atoms with Crippen molar-refractivity contribution >= 4 is 17.5 Å². The van der Waals surface area contributed by atoms with Crippen molar-refractivity contribution in [2.75, 3.05) is 0 Å². The van der Waals surface area contributed by atoms with Crippen molar-refractivity contribution in [2.45, 2.75) is 31.7 Å². The molecule has 0 saturated heterocycles. The van der Waals surface area contributed by atoms with Gasteiger partial charge in [-0.05, 0) is 18.4 Å². The Hall–Kier alpha value is -2.88. The Kier molecular flexibility index (Phi) is 6.57. The van der Waals surface area contributed by atoms with Crippen molar-refractivity contribution in [3.63, 3.8) is 0 Å². The Morgan fingerprint density at radius 2 is 2.18 bits per heavy atom. The first kappa shape index (κ1) is 17.2. The van der Waals surface area contributed by atoms with Crippen LogP contribution in [0.1, 0.15) is 24.8 Å². The number of primary amides is 1. The van der Waals surface area contributed by atoms with Gasteiger partial charge in [-0.25, -0.2) is 0 Å². The summed E-state index contributed by atoms with van der Waals surface area (Å²) in [5.41, 5.74) is 5.62. The normalized spacial score (nSPS) is 11.2. The molecule has 0 heterocycles. The minimum atomic E-state index is -0.792. The highest BCUT2D eigenvalue weighted by molar-refractivity contribution is 5.87. The number of non-ortho nitro benzene ring substituents is 1. The molecule has 0 bridgehead atoms. The zero-order valence-electron chi connectivity index (χ0n) is 12.0. The molecule has 0 spiro atoms. The Balaban J connectivity index is 2.63. The summed E-state index contributed by atoms with van der Waals surface area (Å²) in [7, 11) is 0. The Labute approximate surface area is 128 Å². The first-order valence-electron chi connectivity index (χ1n) is 6.69. The minimum Gasteiger partial charge on any atom is -0.368 e. The first-order chi connectivity index (χ1) is 10.4. The second kappa shape index (κ2) is 8.42.